The minimum Gasteiger partial charge on any atom is -0.435 e. The van der Waals surface area contributed by atoms with E-state index in [1.165, 1.54) is 5.06 Å². The van der Waals surface area contributed by atoms with E-state index < -0.39 is 11.9 Å². The number of nitrogens with zero attached hydrogens (tertiary/aromatic N) is 1. The average Bonchev–Trinajstić information content (AvgIpc) is 2.36. The molecule has 1 unspecified atom stereocenters. The van der Waals surface area contributed by atoms with Gasteiger partial charge >= 0.3 is 11.9 Å². The van der Waals surface area contributed by atoms with Crippen LogP contribution in [0.15, 0.2) is 0 Å². The van der Waals surface area contributed by atoms with Gasteiger partial charge in [0.05, 0.1) is 0 Å². The van der Waals surface area contributed by atoms with Gasteiger partial charge in [0.2, 0.25) is 0 Å². The van der Waals surface area contributed by atoms with Crippen LogP contribution in [0.2, 0.25) is 0 Å². The van der Waals surface area contributed by atoms with E-state index in [1.54, 1.807) is 0 Å². The third kappa shape index (κ3) is 0.970. The van der Waals surface area contributed by atoms with Gasteiger partial charge < -0.3 is 9.57 Å². The molecular weight excluding hydrogens is 150 g/mol. The molecule has 2 fully saturated rings. The summed E-state index contributed by atoms with van der Waals surface area (Å²) in [6, 6.07) is 0. The highest BCUT2D eigenvalue weighted by molar-refractivity contribution is 6.29. The summed E-state index contributed by atoms with van der Waals surface area (Å²) in [4.78, 5) is 25.9. The Morgan fingerprint density at radius 3 is 3.00 bits per heavy atom. The van der Waals surface area contributed by atoms with Gasteiger partial charge in [0.25, 0.3) is 0 Å². The summed E-state index contributed by atoms with van der Waals surface area (Å²) in [5.41, 5.74) is 0. The van der Waals surface area contributed by atoms with Crippen molar-refractivity contribution in [3.63, 3.8) is 0 Å². The van der Waals surface area contributed by atoms with Crippen molar-refractivity contribution >= 4 is 11.9 Å². The molecule has 2 heterocycles. The number of hydrogen-bond donors (Lipinski definition) is 0. The van der Waals surface area contributed by atoms with Crippen LogP contribution in [0.4, 0.5) is 0 Å². The molecule has 5 heteroatoms. The zero-order valence-electron chi connectivity index (χ0n) is 5.78. The maximum atomic E-state index is 10.6. The first-order valence-electron chi connectivity index (χ1n) is 3.47. The Morgan fingerprint density at radius 1 is 1.36 bits per heavy atom. The quantitative estimate of drug-likeness (QED) is 0.348. The normalized spacial score (nSPS) is 31.1. The Balaban J connectivity index is 2.12. The molecule has 1 atom stereocenters. The van der Waals surface area contributed by atoms with Gasteiger partial charge in [-0.15, -0.1) is 0 Å². The average molecular weight is 157 g/mol. The van der Waals surface area contributed by atoms with E-state index >= 15 is 0 Å². The van der Waals surface area contributed by atoms with Gasteiger partial charge in [-0.1, -0.05) is 5.06 Å². The molecule has 0 aromatic carbocycles. The van der Waals surface area contributed by atoms with Crippen LogP contribution < -0.4 is 0 Å². The highest BCUT2D eigenvalue weighted by Crippen LogP contribution is 2.21. The molecule has 0 spiro atoms. The molecule has 0 aliphatic carbocycles. The summed E-state index contributed by atoms with van der Waals surface area (Å²) in [5, 5.41) is 1.41. The maximum Gasteiger partial charge on any atom is 0.436 e. The van der Waals surface area contributed by atoms with Crippen molar-refractivity contribution in [3.05, 3.63) is 0 Å². The van der Waals surface area contributed by atoms with Crippen molar-refractivity contribution in [2.45, 2.75) is 19.1 Å². The Labute approximate surface area is 62.8 Å². The lowest BCUT2D eigenvalue weighted by Gasteiger charge is -2.26. The number of hydroxylamine groups is 2. The van der Waals surface area contributed by atoms with Gasteiger partial charge in [-0.2, -0.15) is 0 Å². The summed E-state index contributed by atoms with van der Waals surface area (Å²) in [6.45, 7) is 0.656. The molecule has 60 valence electrons. The van der Waals surface area contributed by atoms with E-state index in [0.29, 0.717) is 6.54 Å². The Bertz CT molecular complexity index is 193. The van der Waals surface area contributed by atoms with Crippen molar-refractivity contribution in [1.82, 2.24) is 5.06 Å². The second kappa shape index (κ2) is 2.20. The van der Waals surface area contributed by atoms with Gasteiger partial charge in [-0.3, -0.25) is 0 Å². The van der Waals surface area contributed by atoms with Crippen LogP contribution in [0.3, 0.4) is 0 Å². The zero-order valence-corrected chi connectivity index (χ0v) is 5.78. The molecule has 5 nitrogen and oxygen atoms in total. The first kappa shape index (κ1) is 6.60. The van der Waals surface area contributed by atoms with E-state index in [9.17, 15) is 9.59 Å². The molecule has 2 aliphatic heterocycles. The number of esters is 1. The number of rotatable bonds is 0. The summed E-state index contributed by atoms with van der Waals surface area (Å²) in [5.74, 6) is -1.80. The second-order valence-electron chi connectivity index (χ2n) is 2.52. The molecule has 0 saturated carbocycles. The SMILES string of the molecule is O=C1OC2CCCN2OC1=O. The fourth-order valence-electron chi connectivity index (χ4n) is 1.25. The monoisotopic (exact) mass is 157 g/mol. The van der Waals surface area contributed by atoms with Crippen molar-refractivity contribution in [1.29, 1.82) is 0 Å². The number of carbonyl (C=O) groups is 2. The third-order valence-corrected chi connectivity index (χ3v) is 1.76. The predicted molar refractivity (Wildman–Crippen MR) is 31.9 cm³/mol. The number of hydrogen-bond acceptors (Lipinski definition) is 5. The molecule has 0 bridgehead atoms. The summed E-state index contributed by atoms with van der Waals surface area (Å²) in [7, 11) is 0. The molecule has 11 heavy (non-hydrogen) atoms. The standard InChI is InChI=1S/C6H7NO4/c8-5-6(9)11-7-3-1-2-4(7)10-5/h4H,1-3H2. The van der Waals surface area contributed by atoms with Crippen LogP contribution in [0.25, 0.3) is 0 Å². The fourth-order valence-corrected chi connectivity index (χ4v) is 1.25. The van der Waals surface area contributed by atoms with E-state index in [2.05, 4.69) is 4.84 Å². The van der Waals surface area contributed by atoms with E-state index in [4.69, 9.17) is 4.74 Å². The third-order valence-electron chi connectivity index (χ3n) is 1.76. The van der Waals surface area contributed by atoms with Crippen molar-refractivity contribution in [2.75, 3.05) is 6.54 Å². The van der Waals surface area contributed by atoms with Crippen LogP contribution >= 0.6 is 0 Å². The topological polar surface area (TPSA) is 55.8 Å². The number of ether oxygens (including phenoxy) is 1. The Kier molecular flexibility index (Phi) is 1.32. The van der Waals surface area contributed by atoms with Crippen LogP contribution in [0, 0.1) is 0 Å². The first-order valence-corrected chi connectivity index (χ1v) is 3.47. The van der Waals surface area contributed by atoms with Gasteiger partial charge in [-0.25, -0.2) is 9.59 Å². The molecule has 0 radical (unpaired) electrons. The first-order chi connectivity index (χ1) is 5.27. The summed E-state index contributed by atoms with van der Waals surface area (Å²) < 4.78 is 4.73. The predicted octanol–water partition coefficient (Wildman–Crippen LogP) is -0.577. The maximum absolute atomic E-state index is 10.6. The minimum atomic E-state index is -0.914. The molecule has 2 rings (SSSR count). The smallest absolute Gasteiger partial charge is 0.435 e. The van der Waals surface area contributed by atoms with Crippen molar-refractivity contribution in [3.8, 4) is 0 Å². The molecule has 0 aromatic rings. The fraction of sp³-hybridized carbons (Fsp3) is 0.667. The van der Waals surface area contributed by atoms with E-state index in [-0.39, 0.29) is 6.23 Å². The molecule has 2 aliphatic rings. The van der Waals surface area contributed by atoms with Gasteiger partial charge in [0.15, 0.2) is 6.23 Å². The van der Waals surface area contributed by atoms with Crippen molar-refractivity contribution in [2.24, 2.45) is 0 Å². The summed E-state index contributed by atoms with van der Waals surface area (Å²) >= 11 is 0. The van der Waals surface area contributed by atoms with Gasteiger partial charge in [-0.05, 0) is 6.42 Å². The van der Waals surface area contributed by atoms with Gasteiger partial charge in [0, 0.05) is 13.0 Å². The van der Waals surface area contributed by atoms with Crippen LogP contribution in [-0.2, 0) is 19.2 Å². The second-order valence-corrected chi connectivity index (χ2v) is 2.52. The minimum absolute atomic E-state index is 0.333. The molecular formula is C6H7NO4. The molecule has 0 N–H and O–H groups in total. The van der Waals surface area contributed by atoms with Crippen molar-refractivity contribution < 1.29 is 19.2 Å². The van der Waals surface area contributed by atoms with Crippen LogP contribution in [-0.4, -0.2) is 29.8 Å². The van der Waals surface area contributed by atoms with E-state index in [0.717, 1.165) is 12.8 Å². The lowest BCUT2D eigenvalue weighted by molar-refractivity contribution is -0.254. The lowest BCUT2D eigenvalue weighted by atomic mass is 10.4. The lowest BCUT2D eigenvalue weighted by Crippen LogP contribution is -2.44. The largest absolute Gasteiger partial charge is 0.436 e. The Morgan fingerprint density at radius 2 is 2.18 bits per heavy atom. The molecule has 0 aromatic heterocycles. The zero-order chi connectivity index (χ0) is 7.84. The number of fused-ring (bicyclic) bond motifs is 1. The highest BCUT2D eigenvalue weighted by atomic mass is 16.8. The molecule has 0 amide bonds. The molecule has 2 saturated heterocycles. The Hall–Kier alpha value is -1.10. The summed E-state index contributed by atoms with van der Waals surface area (Å²) in [6.07, 6.45) is 1.31. The number of carbonyl (C=O) groups excluding carboxylic acids is 2. The van der Waals surface area contributed by atoms with E-state index in [1.807, 2.05) is 0 Å². The van der Waals surface area contributed by atoms with Gasteiger partial charge in [0.1, 0.15) is 0 Å². The highest BCUT2D eigenvalue weighted by Gasteiger charge is 2.39. The van der Waals surface area contributed by atoms with Crippen LogP contribution in [0.1, 0.15) is 12.8 Å². The van der Waals surface area contributed by atoms with Crippen LogP contribution in [0.5, 0.6) is 0 Å².